The van der Waals surface area contributed by atoms with Crippen molar-refractivity contribution in [3.05, 3.63) is 57.0 Å². The Hall–Kier alpha value is -1.19. The van der Waals surface area contributed by atoms with Gasteiger partial charge >= 0.3 is 0 Å². The zero-order valence-electron chi connectivity index (χ0n) is 11.1. The fraction of sp³-hybridized carbons (Fsp3) is 0.375. The highest BCUT2D eigenvalue weighted by atomic mass is 32.1. The van der Waals surface area contributed by atoms with Crippen molar-refractivity contribution in [3.63, 3.8) is 0 Å². The van der Waals surface area contributed by atoms with Gasteiger partial charge in [0, 0.05) is 9.75 Å². The van der Waals surface area contributed by atoms with Gasteiger partial charge in [-0.05, 0) is 55.1 Å². The molecule has 0 amide bonds. The van der Waals surface area contributed by atoms with E-state index in [2.05, 4.69) is 18.3 Å². The van der Waals surface area contributed by atoms with Crippen LogP contribution in [0.4, 0.5) is 4.39 Å². The lowest BCUT2D eigenvalue weighted by molar-refractivity contribution is 0.617. The van der Waals surface area contributed by atoms with Gasteiger partial charge in [0.05, 0.1) is 6.04 Å². The van der Waals surface area contributed by atoms with Crippen LogP contribution in [0.3, 0.4) is 0 Å². The Labute approximate surface area is 117 Å². The lowest BCUT2D eigenvalue weighted by Gasteiger charge is -2.17. The van der Waals surface area contributed by atoms with Crippen LogP contribution in [-0.4, -0.2) is 6.54 Å². The van der Waals surface area contributed by atoms with Crippen molar-refractivity contribution in [2.45, 2.75) is 32.2 Å². The molecule has 1 atom stereocenters. The number of halogens is 1. The Morgan fingerprint density at radius 2 is 2.05 bits per heavy atom. The molecule has 1 nitrogen and oxygen atoms in total. The van der Waals surface area contributed by atoms with E-state index in [4.69, 9.17) is 0 Å². The molecule has 0 spiro atoms. The molecule has 3 rings (SSSR count). The van der Waals surface area contributed by atoms with Gasteiger partial charge in [-0.15, -0.1) is 11.3 Å². The van der Waals surface area contributed by atoms with Crippen LogP contribution in [0.25, 0.3) is 0 Å². The molecule has 1 aromatic carbocycles. The van der Waals surface area contributed by atoms with Crippen molar-refractivity contribution in [1.82, 2.24) is 5.32 Å². The maximum absolute atomic E-state index is 13.1. The van der Waals surface area contributed by atoms with Crippen molar-refractivity contribution in [2.75, 3.05) is 6.54 Å². The first-order valence-corrected chi connectivity index (χ1v) is 7.70. The third kappa shape index (κ3) is 2.58. The van der Waals surface area contributed by atoms with E-state index >= 15 is 0 Å². The molecule has 1 aliphatic carbocycles. The number of hydrogen-bond acceptors (Lipinski definition) is 2. The van der Waals surface area contributed by atoms with Crippen molar-refractivity contribution >= 4 is 11.3 Å². The molecule has 0 fully saturated rings. The standard InChI is InChI=1S/C16H18FNS/c1-2-18-16(11-6-8-13(17)9-7-11)15-10-12-4-3-5-14(12)19-15/h6-10,16,18H,2-5H2,1H3. The Morgan fingerprint density at radius 1 is 1.26 bits per heavy atom. The van der Waals surface area contributed by atoms with E-state index in [-0.39, 0.29) is 11.9 Å². The van der Waals surface area contributed by atoms with E-state index in [1.165, 1.54) is 29.7 Å². The highest BCUT2D eigenvalue weighted by Crippen LogP contribution is 2.36. The largest absolute Gasteiger partial charge is 0.306 e. The second kappa shape index (κ2) is 5.43. The first-order valence-electron chi connectivity index (χ1n) is 6.88. The molecule has 1 aliphatic rings. The van der Waals surface area contributed by atoms with Gasteiger partial charge in [-0.3, -0.25) is 0 Å². The first-order chi connectivity index (χ1) is 9.28. The third-order valence-corrected chi connectivity index (χ3v) is 4.96. The smallest absolute Gasteiger partial charge is 0.123 e. The molecule has 1 unspecified atom stereocenters. The third-order valence-electron chi connectivity index (χ3n) is 3.66. The summed E-state index contributed by atoms with van der Waals surface area (Å²) >= 11 is 1.91. The number of fused-ring (bicyclic) bond motifs is 1. The number of nitrogens with one attached hydrogen (secondary N) is 1. The molecule has 3 heteroatoms. The van der Waals surface area contributed by atoms with Gasteiger partial charge in [0.25, 0.3) is 0 Å². The summed E-state index contributed by atoms with van der Waals surface area (Å²) in [6, 6.07) is 9.38. The van der Waals surface area contributed by atoms with E-state index in [1.54, 1.807) is 17.0 Å². The molecule has 0 aliphatic heterocycles. The number of benzene rings is 1. The van der Waals surface area contributed by atoms with E-state index in [0.717, 1.165) is 12.1 Å². The van der Waals surface area contributed by atoms with Crippen LogP contribution >= 0.6 is 11.3 Å². The van der Waals surface area contributed by atoms with Gasteiger partial charge in [0.15, 0.2) is 0 Å². The predicted octanol–water partition coefficient (Wildman–Crippen LogP) is 4.07. The fourth-order valence-electron chi connectivity index (χ4n) is 2.74. The Morgan fingerprint density at radius 3 is 2.74 bits per heavy atom. The van der Waals surface area contributed by atoms with Crippen LogP contribution in [-0.2, 0) is 12.8 Å². The van der Waals surface area contributed by atoms with Gasteiger partial charge in [0.1, 0.15) is 5.82 Å². The zero-order valence-corrected chi connectivity index (χ0v) is 11.9. The average molecular weight is 275 g/mol. The van der Waals surface area contributed by atoms with Crippen LogP contribution in [0.5, 0.6) is 0 Å². The van der Waals surface area contributed by atoms with E-state index in [1.807, 2.05) is 23.5 Å². The van der Waals surface area contributed by atoms with Gasteiger partial charge in [-0.1, -0.05) is 19.1 Å². The number of hydrogen-bond donors (Lipinski definition) is 1. The summed E-state index contributed by atoms with van der Waals surface area (Å²) in [6.07, 6.45) is 3.74. The molecule has 2 aromatic rings. The van der Waals surface area contributed by atoms with E-state index < -0.39 is 0 Å². The minimum absolute atomic E-state index is 0.173. The van der Waals surface area contributed by atoms with Gasteiger partial charge < -0.3 is 5.32 Å². The maximum atomic E-state index is 13.1. The molecule has 0 saturated heterocycles. The summed E-state index contributed by atoms with van der Waals surface area (Å²) in [7, 11) is 0. The molecule has 0 radical (unpaired) electrons. The van der Waals surface area contributed by atoms with Crippen LogP contribution in [0.1, 0.15) is 40.3 Å². The van der Waals surface area contributed by atoms with Gasteiger partial charge in [0.2, 0.25) is 0 Å². The second-order valence-corrected chi connectivity index (χ2v) is 6.16. The molecule has 1 N–H and O–H groups in total. The average Bonchev–Trinajstić information content (AvgIpc) is 2.98. The fourth-order valence-corrected chi connectivity index (χ4v) is 4.10. The molecule has 0 bridgehead atoms. The van der Waals surface area contributed by atoms with E-state index in [9.17, 15) is 4.39 Å². The lowest BCUT2D eigenvalue weighted by atomic mass is 10.0. The SMILES string of the molecule is CCNC(c1ccc(F)cc1)c1cc2c(s1)CCC2. The Balaban J connectivity index is 1.93. The minimum atomic E-state index is -0.173. The summed E-state index contributed by atoms with van der Waals surface area (Å²) < 4.78 is 13.1. The topological polar surface area (TPSA) is 12.0 Å². The number of rotatable bonds is 4. The van der Waals surface area contributed by atoms with E-state index in [0.29, 0.717) is 0 Å². The van der Waals surface area contributed by atoms with Crippen molar-refractivity contribution in [1.29, 1.82) is 0 Å². The highest BCUT2D eigenvalue weighted by Gasteiger charge is 2.20. The molecular formula is C16H18FNS. The highest BCUT2D eigenvalue weighted by molar-refractivity contribution is 7.12. The second-order valence-electron chi connectivity index (χ2n) is 4.99. The molecule has 19 heavy (non-hydrogen) atoms. The van der Waals surface area contributed by atoms with Crippen LogP contribution < -0.4 is 5.32 Å². The molecule has 1 heterocycles. The summed E-state index contributed by atoms with van der Waals surface area (Å²) in [6.45, 7) is 3.02. The molecular weight excluding hydrogens is 257 g/mol. The minimum Gasteiger partial charge on any atom is -0.306 e. The first kappa shape index (κ1) is 12.8. The molecule has 0 saturated carbocycles. The van der Waals surface area contributed by atoms with Crippen molar-refractivity contribution in [2.24, 2.45) is 0 Å². The monoisotopic (exact) mass is 275 g/mol. The van der Waals surface area contributed by atoms with Crippen molar-refractivity contribution < 1.29 is 4.39 Å². The Kier molecular flexibility index (Phi) is 3.67. The maximum Gasteiger partial charge on any atom is 0.123 e. The molecule has 1 aromatic heterocycles. The number of thiophene rings is 1. The van der Waals surface area contributed by atoms with Crippen LogP contribution in [0.15, 0.2) is 30.3 Å². The van der Waals surface area contributed by atoms with Gasteiger partial charge in [-0.25, -0.2) is 4.39 Å². The quantitative estimate of drug-likeness (QED) is 0.886. The summed E-state index contributed by atoms with van der Waals surface area (Å²) in [5.74, 6) is -0.173. The lowest BCUT2D eigenvalue weighted by Crippen LogP contribution is -2.21. The summed E-state index contributed by atoms with van der Waals surface area (Å²) in [5, 5.41) is 3.51. The van der Waals surface area contributed by atoms with Crippen molar-refractivity contribution in [3.8, 4) is 0 Å². The normalized spacial score (nSPS) is 15.5. The number of aryl methyl sites for hydroxylation is 2. The Bertz CT molecular complexity index is 537. The zero-order chi connectivity index (χ0) is 13.2. The van der Waals surface area contributed by atoms with Gasteiger partial charge in [-0.2, -0.15) is 0 Å². The predicted molar refractivity (Wildman–Crippen MR) is 78.3 cm³/mol. The molecule has 100 valence electrons. The van der Waals surface area contributed by atoms with Crippen LogP contribution in [0.2, 0.25) is 0 Å². The summed E-state index contributed by atoms with van der Waals surface area (Å²) in [5.41, 5.74) is 2.66. The van der Waals surface area contributed by atoms with Crippen LogP contribution in [0, 0.1) is 5.82 Å². The summed E-state index contributed by atoms with van der Waals surface area (Å²) in [4.78, 5) is 2.90.